The van der Waals surface area contributed by atoms with Gasteiger partial charge in [-0.05, 0) is 36.4 Å². The number of benzene rings is 1. The SMILES string of the molecule is NCC1CCN(S(=O)(=O)c2cc3ccccc3s2)C1. The van der Waals surface area contributed by atoms with Crippen LogP contribution in [0.2, 0.25) is 0 Å². The molecule has 0 radical (unpaired) electrons. The van der Waals surface area contributed by atoms with Gasteiger partial charge < -0.3 is 5.73 Å². The molecule has 3 rings (SSSR count). The zero-order valence-corrected chi connectivity index (χ0v) is 12.1. The van der Waals surface area contributed by atoms with Gasteiger partial charge in [-0.25, -0.2) is 8.42 Å². The molecule has 1 aromatic carbocycles. The average molecular weight is 296 g/mol. The molecule has 0 aliphatic carbocycles. The Morgan fingerprint density at radius 3 is 2.84 bits per heavy atom. The maximum atomic E-state index is 12.6. The van der Waals surface area contributed by atoms with Crippen LogP contribution in [0.25, 0.3) is 10.1 Å². The van der Waals surface area contributed by atoms with E-state index >= 15 is 0 Å². The molecule has 1 atom stereocenters. The van der Waals surface area contributed by atoms with E-state index in [9.17, 15) is 8.42 Å². The molecule has 0 saturated carbocycles. The first-order valence-corrected chi connectivity index (χ1v) is 8.55. The van der Waals surface area contributed by atoms with Crippen LogP contribution in [0.4, 0.5) is 0 Å². The molecule has 1 unspecified atom stereocenters. The maximum Gasteiger partial charge on any atom is 0.252 e. The third kappa shape index (κ3) is 2.29. The molecule has 1 aromatic heterocycles. The van der Waals surface area contributed by atoms with E-state index in [1.165, 1.54) is 11.3 Å². The molecule has 0 bridgehead atoms. The third-order valence-corrected chi connectivity index (χ3v) is 7.01. The number of nitrogens with zero attached hydrogens (tertiary/aromatic N) is 1. The van der Waals surface area contributed by atoms with E-state index in [2.05, 4.69) is 0 Å². The molecule has 2 N–H and O–H groups in total. The Morgan fingerprint density at radius 2 is 2.16 bits per heavy atom. The smallest absolute Gasteiger partial charge is 0.252 e. The van der Waals surface area contributed by atoms with Crippen LogP contribution in [-0.2, 0) is 10.0 Å². The molecular weight excluding hydrogens is 280 g/mol. The summed E-state index contributed by atoms with van der Waals surface area (Å²) < 4.78 is 28.1. The minimum Gasteiger partial charge on any atom is -0.330 e. The van der Waals surface area contributed by atoms with Crippen molar-refractivity contribution in [1.82, 2.24) is 4.31 Å². The number of fused-ring (bicyclic) bond motifs is 1. The van der Waals surface area contributed by atoms with Crippen molar-refractivity contribution in [2.45, 2.75) is 10.6 Å². The zero-order chi connectivity index (χ0) is 13.5. The van der Waals surface area contributed by atoms with Crippen molar-refractivity contribution in [3.63, 3.8) is 0 Å². The van der Waals surface area contributed by atoms with Crippen LogP contribution in [0.3, 0.4) is 0 Å². The Balaban J connectivity index is 1.96. The zero-order valence-electron chi connectivity index (χ0n) is 10.5. The maximum absolute atomic E-state index is 12.6. The van der Waals surface area contributed by atoms with Gasteiger partial charge in [0, 0.05) is 17.8 Å². The Kier molecular flexibility index (Phi) is 3.34. The van der Waals surface area contributed by atoms with Crippen LogP contribution < -0.4 is 5.73 Å². The second-order valence-electron chi connectivity index (χ2n) is 4.86. The summed E-state index contributed by atoms with van der Waals surface area (Å²) >= 11 is 1.34. The fraction of sp³-hybridized carbons (Fsp3) is 0.385. The molecule has 1 fully saturated rings. The largest absolute Gasteiger partial charge is 0.330 e. The first kappa shape index (κ1) is 13.1. The van der Waals surface area contributed by atoms with E-state index in [0.717, 1.165) is 16.5 Å². The van der Waals surface area contributed by atoms with Crippen molar-refractivity contribution in [2.75, 3.05) is 19.6 Å². The minimum absolute atomic E-state index is 0.296. The Labute approximate surface area is 116 Å². The molecule has 1 aliphatic rings. The Hall–Kier alpha value is -0.950. The second kappa shape index (κ2) is 4.86. The molecule has 102 valence electrons. The number of hydrogen-bond donors (Lipinski definition) is 1. The fourth-order valence-corrected chi connectivity index (χ4v) is 5.50. The number of hydrogen-bond acceptors (Lipinski definition) is 4. The standard InChI is InChI=1S/C13H16N2O2S2/c14-8-10-5-6-15(9-10)19(16,17)13-7-11-3-1-2-4-12(11)18-13/h1-4,7,10H,5-6,8-9,14H2. The minimum atomic E-state index is -3.35. The lowest BCUT2D eigenvalue weighted by Crippen LogP contribution is -2.29. The molecule has 2 aromatic rings. The van der Waals surface area contributed by atoms with Crippen molar-refractivity contribution >= 4 is 31.4 Å². The van der Waals surface area contributed by atoms with Crippen molar-refractivity contribution in [2.24, 2.45) is 11.7 Å². The molecule has 4 nitrogen and oxygen atoms in total. The quantitative estimate of drug-likeness (QED) is 0.940. The van der Waals surface area contributed by atoms with Crippen LogP contribution in [0, 0.1) is 5.92 Å². The molecule has 19 heavy (non-hydrogen) atoms. The van der Waals surface area contributed by atoms with Gasteiger partial charge in [0.1, 0.15) is 4.21 Å². The van der Waals surface area contributed by atoms with Gasteiger partial charge in [0.05, 0.1) is 0 Å². The topological polar surface area (TPSA) is 63.4 Å². The van der Waals surface area contributed by atoms with E-state index in [1.807, 2.05) is 24.3 Å². The lowest BCUT2D eigenvalue weighted by Gasteiger charge is -2.14. The lowest BCUT2D eigenvalue weighted by molar-refractivity contribution is 0.460. The highest BCUT2D eigenvalue weighted by molar-refractivity contribution is 7.91. The monoisotopic (exact) mass is 296 g/mol. The van der Waals surface area contributed by atoms with Crippen LogP contribution in [-0.4, -0.2) is 32.4 Å². The summed E-state index contributed by atoms with van der Waals surface area (Å²) in [6.07, 6.45) is 0.862. The number of thiophene rings is 1. The molecular formula is C13H16N2O2S2. The highest BCUT2D eigenvalue weighted by Crippen LogP contribution is 2.32. The van der Waals surface area contributed by atoms with Crippen LogP contribution in [0.5, 0.6) is 0 Å². The number of sulfonamides is 1. The molecule has 0 amide bonds. The van der Waals surface area contributed by atoms with Crippen molar-refractivity contribution in [1.29, 1.82) is 0 Å². The van der Waals surface area contributed by atoms with Gasteiger partial charge in [0.25, 0.3) is 10.0 Å². The van der Waals surface area contributed by atoms with Gasteiger partial charge >= 0.3 is 0 Å². The average Bonchev–Trinajstić information content (AvgIpc) is 3.05. The van der Waals surface area contributed by atoms with Gasteiger partial charge in [0.2, 0.25) is 0 Å². The van der Waals surface area contributed by atoms with E-state index in [1.54, 1.807) is 10.4 Å². The molecule has 1 aliphatic heterocycles. The summed E-state index contributed by atoms with van der Waals surface area (Å²) in [6, 6.07) is 9.51. The summed E-state index contributed by atoms with van der Waals surface area (Å²) in [5.74, 6) is 0.296. The van der Waals surface area contributed by atoms with Crippen LogP contribution in [0.15, 0.2) is 34.5 Å². The summed E-state index contributed by atoms with van der Waals surface area (Å²) in [5, 5.41) is 0.987. The third-order valence-electron chi connectivity index (χ3n) is 3.58. The summed E-state index contributed by atoms with van der Waals surface area (Å²) in [7, 11) is -3.35. The predicted molar refractivity (Wildman–Crippen MR) is 77.7 cm³/mol. The molecule has 2 heterocycles. The first-order chi connectivity index (χ1) is 9.11. The highest BCUT2D eigenvalue weighted by atomic mass is 32.2. The van der Waals surface area contributed by atoms with Crippen LogP contribution in [0.1, 0.15) is 6.42 Å². The summed E-state index contributed by atoms with van der Waals surface area (Å²) in [4.78, 5) is 0. The number of rotatable bonds is 3. The van der Waals surface area contributed by atoms with Crippen molar-refractivity contribution < 1.29 is 8.42 Å². The van der Waals surface area contributed by atoms with E-state index in [-0.39, 0.29) is 0 Å². The van der Waals surface area contributed by atoms with Gasteiger partial charge in [-0.2, -0.15) is 4.31 Å². The predicted octanol–water partition coefficient (Wildman–Crippen LogP) is 1.87. The molecule has 0 spiro atoms. The first-order valence-electron chi connectivity index (χ1n) is 6.30. The normalized spacial score (nSPS) is 21.2. The molecule has 6 heteroatoms. The van der Waals surface area contributed by atoms with E-state index in [4.69, 9.17) is 5.73 Å². The summed E-state index contributed by atoms with van der Waals surface area (Å²) in [5.41, 5.74) is 5.62. The Bertz CT molecular complexity index is 660. The van der Waals surface area contributed by atoms with Gasteiger partial charge in [0.15, 0.2) is 0 Å². The van der Waals surface area contributed by atoms with Gasteiger partial charge in [-0.3, -0.25) is 0 Å². The van der Waals surface area contributed by atoms with Gasteiger partial charge in [-0.15, -0.1) is 11.3 Å². The second-order valence-corrected chi connectivity index (χ2v) is 8.11. The highest BCUT2D eigenvalue weighted by Gasteiger charge is 2.32. The van der Waals surface area contributed by atoms with Gasteiger partial charge in [-0.1, -0.05) is 18.2 Å². The van der Waals surface area contributed by atoms with Crippen molar-refractivity contribution in [3.05, 3.63) is 30.3 Å². The van der Waals surface area contributed by atoms with E-state index in [0.29, 0.717) is 29.8 Å². The molecule has 1 saturated heterocycles. The lowest BCUT2D eigenvalue weighted by atomic mass is 10.1. The Morgan fingerprint density at radius 1 is 1.37 bits per heavy atom. The van der Waals surface area contributed by atoms with Crippen LogP contribution >= 0.6 is 11.3 Å². The summed E-state index contributed by atoms with van der Waals surface area (Å²) in [6.45, 7) is 1.68. The van der Waals surface area contributed by atoms with Crippen molar-refractivity contribution in [3.8, 4) is 0 Å². The number of nitrogens with two attached hydrogens (primary N) is 1. The fourth-order valence-electron chi connectivity index (χ4n) is 2.42. The van der Waals surface area contributed by atoms with E-state index < -0.39 is 10.0 Å².